The zero-order valence-corrected chi connectivity index (χ0v) is 15.5. The smallest absolute Gasteiger partial charge is 0.233 e. The predicted octanol–water partition coefficient (Wildman–Crippen LogP) is 4.95. The van der Waals surface area contributed by atoms with Gasteiger partial charge in [0.2, 0.25) is 11.2 Å². The van der Waals surface area contributed by atoms with Crippen molar-refractivity contribution < 1.29 is 14.0 Å². The van der Waals surface area contributed by atoms with E-state index in [0.29, 0.717) is 16.5 Å². The van der Waals surface area contributed by atoms with Crippen LogP contribution in [-0.4, -0.2) is 14.2 Å². The van der Waals surface area contributed by atoms with Crippen molar-refractivity contribution >= 4 is 22.5 Å². The predicted molar refractivity (Wildman–Crippen MR) is 104 cm³/mol. The van der Waals surface area contributed by atoms with Gasteiger partial charge in [-0.15, -0.1) is 0 Å². The zero-order valence-electron chi connectivity index (χ0n) is 14.7. The van der Waals surface area contributed by atoms with E-state index in [1.54, 1.807) is 14.2 Å². The summed E-state index contributed by atoms with van der Waals surface area (Å²) in [5.41, 5.74) is 4.37. The van der Waals surface area contributed by atoms with E-state index in [9.17, 15) is 0 Å². The lowest BCUT2D eigenvalue weighted by Gasteiger charge is -2.02. The second kappa shape index (κ2) is 6.85. The number of hydrogen-bond donors (Lipinski definition) is 0. The molecule has 0 spiro atoms. The van der Waals surface area contributed by atoms with E-state index in [1.807, 2.05) is 24.3 Å². The lowest BCUT2D eigenvalue weighted by molar-refractivity contribution is -0.649. The molecule has 26 heavy (non-hydrogen) atoms. The molecular weight excluding hydrogens is 346 g/mol. The third-order valence-corrected chi connectivity index (χ3v) is 4.92. The fourth-order valence-corrected chi connectivity index (χ4v) is 3.74. The largest absolute Gasteiger partial charge is 0.493 e. The van der Waals surface area contributed by atoms with Gasteiger partial charge in [0.05, 0.1) is 25.2 Å². The molecule has 1 aliphatic carbocycles. The van der Waals surface area contributed by atoms with Gasteiger partial charge in [-0.05, 0) is 12.1 Å². The van der Waals surface area contributed by atoms with Gasteiger partial charge in [-0.1, -0.05) is 54.1 Å². The van der Waals surface area contributed by atoms with E-state index in [2.05, 4.69) is 47.0 Å². The number of para-hydroxylation sites is 1. The topological polar surface area (TPSA) is 22.3 Å². The number of halogens is 1. The van der Waals surface area contributed by atoms with E-state index in [1.165, 1.54) is 5.56 Å². The highest BCUT2D eigenvalue weighted by atomic mass is 35.5. The van der Waals surface area contributed by atoms with Crippen LogP contribution in [0.2, 0.25) is 5.02 Å². The molecule has 4 rings (SSSR count). The Morgan fingerprint density at radius 1 is 0.846 bits per heavy atom. The lowest BCUT2D eigenvalue weighted by atomic mass is 10.1. The molecule has 1 aliphatic heterocycles. The fourth-order valence-electron chi connectivity index (χ4n) is 3.44. The van der Waals surface area contributed by atoms with Crippen LogP contribution in [0.5, 0.6) is 11.5 Å². The zero-order chi connectivity index (χ0) is 18.1. The summed E-state index contributed by atoms with van der Waals surface area (Å²) in [5, 5.41) is 1.77. The standard InChI is InChI=1S/C22H19ClNO2/c1-25-20-12-17-16-10-6-7-11-19(16)24(14-15-8-4-3-5-9-15)22(17)18(23)13-21(20)26-2/h3-13H,14H2,1-2H3/q+1. The fraction of sp³-hybridized carbons (Fsp3) is 0.136. The van der Waals surface area contributed by atoms with Gasteiger partial charge >= 0.3 is 0 Å². The first kappa shape index (κ1) is 16.7. The second-order valence-electron chi connectivity index (χ2n) is 6.12. The van der Waals surface area contributed by atoms with Crippen LogP contribution in [0.1, 0.15) is 5.56 Å². The molecule has 3 nitrogen and oxygen atoms in total. The molecule has 0 radical (unpaired) electrons. The van der Waals surface area contributed by atoms with Crippen LogP contribution in [-0.2, 0) is 6.54 Å². The quantitative estimate of drug-likeness (QED) is 0.478. The minimum absolute atomic E-state index is 0.615. The van der Waals surface area contributed by atoms with Crippen molar-refractivity contribution in [1.82, 2.24) is 0 Å². The van der Waals surface area contributed by atoms with Crippen LogP contribution >= 0.6 is 11.6 Å². The molecule has 0 saturated carbocycles. The molecule has 0 aromatic heterocycles. The number of nitrogens with zero attached hydrogens (tertiary/aromatic N) is 1. The maximum absolute atomic E-state index is 6.74. The van der Waals surface area contributed by atoms with Gasteiger partial charge in [0, 0.05) is 17.7 Å². The number of benzene rings is 2. The molecule has 0 atom stereocenters. The minimum atomic E-state index is 0.615. The number of aromatic nitrogens is 1. The van der Waals surface area contributed by atoms with E-state index in [-0.39, 0.29) is 0 Å². The van der Waals surface area contributed by atoms with Crippen molar-refractivity contribution in [2.45, 2.75) is 6.54 Å². The normalized spacial score (nSPS) is 11.0. The number of hydrogen-bond acceptors (Lipinski definition) is 2. The molecule has 4 heteroatoms. The third-order valence-electron chi connectivity index (χ3n) is 4.64. The molecule has 130 valence electrons. The molecule has 2 aromatic rings. The van der Waals surface area contributed by atoms with Crippen molar-refractivity contribution in [3.05, 3.63) is 77.3 Å². The monoisotopic (exact) mass is 364 g/mol. The van der Waals surface area contributed by atoms with Crippen LogP contribution in [0, 0.1) is 0 Å². The molecule has 2 aromatic carbocycles. The summed E-state index contributed by atoms with van der Waals surface area (Å²) in [5.74, 6) is 1.27. The minimum Gasteiger partial charge on any atom is -0.493 e. The van der Waals surface area contributed by atoms with Gasteiger partial charge in [0.1, 0.15) is 5.02 Å². The average molecular weight is 365 g/mol. The Balaban J connectivity index is 2.06. The number of methoxy groups -OCH3 is 2. The maximum Gasteiger partial charge on any atom is 0.233 e. The van der Waals surface area contributed by atoms with Crippen molar-refractivity contribution in [3.8, 4) is 22.8 Å². The Hall–Kier alpha value is -2.78. The van der Waals surface area contributed by atoms with Gasteiger partial charge in [-0.3, -0.25) is 0 Å². The Kier molecular flexibility index (Phi) is 4.39. The highest BCUT2D eigenvalue weighted by Gasteiger charge is 2.29. The van der Waals surface area contributed by atoms with Crippen molar-refractivity contribution in [2.75, 3.05) is 14.2 Å². The van der Waals surface area contributed by atoms with E-state index >= 15 is 0 Å². The molecule has 0 bridgehead atoms. The Morgan fingerprint density at radius 2 is 1.50 bits per heavy atom. The first-order valence-corrected chi connectivity index (χ1v) is 8.80. The van der Waals surface area contributed by atoms with E-state index in [0.717, 1.165) is 28.7 Å². The van der Waals surface area contributed by atoms with Crippen molar-refractivity contribution in [2.24, 2.45) is 0 Å². The van der Waals surface area contributed by atoms with Gasteiger partial charge in [-0.25, -0.2) is 0 Å². The summed E-state index contributed by atoms with van der Waals surface area (Å²) < 4.78 is 13.3. The Bertz CT molecular complexity index is 1050. The third kappa shape index (κ3) is 2.74. The van der Waals surface area contributed by atoms with E-state index in [4.69, 9.17) is 21.1 Å². The molecular formula is C22H19ClNO2+. The van der Waals surface area contributed by atoms with Crippen LogP contribution < -0.4 is 14.0 Å². The highest BCUT2D eigenvalue weighted by molar-refractivity contribution is 6.33. The summed E-state index contributed by atoms with van der Waals surface area (Å²) in [4.78, 5) is 0. The summed E-state index contributed by atoms with van der Waals surface area (Å²) in [6.45, 7) is 0.735. The second-order valence-corrected chi connectivity index (χ2v) is 6.53. The average Bonchev–Trinajstić information content (AvgIpc) is 2.89. The van der Waals surface area contributed by atoms with Crippen LogP contribution in [0.3, 0.4) is 0 Å². The van der Waals surface area contributed by atoms with Gasteiger partial charge < -0.3 is 9.47 Å². The summed E-state index contributed by atoms with van der Waals surface area (Å²) in [6, 6.07) is 22.5. The maximum atomic E-state index is 6.74. The van der Waals surface area contributed by atoms with Gasteiger partial charge in [0.25, 0.3) is 0 Å². The first-order chi connectivity index (χ1) is 12.7. The summed E-state index contributed by atoms with van der Waals surface area (Å²) >= 11 is 6.74. The summed E-state index contributed by atoms with van der Waals surface area (Å²) in [6.07, 6.45) is 0. The van der Waals surface area contributed by atoms with Crippen molar-refractivity contribution in [1.29, 1.82) is 0 Å². The molecule has 0 fully saturated rings. The van der Waals surface area contributed by atoms with Crippen LogP contribution in [0.15, 0.2) is 66.7 Å². The molecule has 0 amide bonds. The van der Waals surface area contributed by atoms with Gasteiger partial charge in [-0.2, -0.15) is 4.57 Å². The highest BCUT2D eigenvalue weighted by Crippen LogP contribution is 2.40. The molecule has 0 unspecified atom stereocenters. The Morgan fingerprint density at radius 3 is 2.23 bits per heavy atom. The van der Waals surface area contributed by atoms with Crippen LogP contribution in [0.25, 0.3) is 22.2 Å². The van der Waals surface area contributed by atoms with E-state index < -0.39 is 0 Å². The van der Waals surface area contributed by atoms with Gasteiger partial charge in [0.15, 0.2) is 18.0 Å². The van der Waals surface area contributed by atoms with Crippen molar-refractivity contribution in [3.63, 3.8) is 0 Å². The molecule has 1 heterocycles. The number of fused-ring (bicyclic) bond motifs is 3. The first-order valence-electron chi connectivity index (χ1n) is 8.42. The molecule has 0 saturated heterocycles. The van der Waals surface area contributed by atoms with Crippen LogP contribution in [0.4, 0.5) is 0 Å². The SMILES string of the molecule is COc1cc(Cl)c2[n+](Cc3ccccc3)c3ccccc3c-2cc1OC. The summed E-state index contributed by atoms with van der Waals surface area (Å²) in [7, 11) is 3.26. The Labute approximate surface area is 157 Å². The lowest BCUT2D eigenvalue weighted by Crippen LogP contribution is -2.34. The molecule has 0 N–H and O–H groups in total. The number of rotatable bonds is 4. The molecule has 2 aliphatic rings. The number of ether oxygens (including phenoxy) is 2.